The topological polar surface area (TPSA) is 61.6 Å². The van der Waals surface area contributed by atoms with E-state index >= 15 is 0 Å². The van der Waals surface area contributed by atoms with Crippen LogP contribution in [0.15, 0.2) is 42.5 Å². The van der Waals surface area contributed by atoms with Gasteiger partial charge in [0.25, 0.3) is 0 Å². The minimum atomic E-state index is -0.685. The summed E-state index contributed by atoms with van der Waals surface area (Å²) in [5, 5.41) is 0. The lowest BCUT2D eigenvalue weighted by Crippen LogP contribution is -2.11. The molecule has 0 aliphatic rings. The lowest BCUT2D eigenvalue weighted by atomic mass is 10.2. The summed E-state index contributed by atoms with van der Waals surface area (Å²) in [5.74, 6) is -0.166. The average molecular weight is 261 g/mol. The molecule has 0 spiro atoms. The predicted octanol–water partition coefficient (Wildman–Crippen LogP) is 2.73. The van der Waals surface area contributed by atoms with Gasteiger partial charge in [-0.3, -0.25) is 4.79 Å². The van der Waals surface area contributed by atoms with Crippen molar-refractivity contribution in [1.29, 1.82) is 0 Å². The van der Waals surface area contributed by atoms with Gasteiger partial charge in [0, 0.05) is 5.56 Å². The quantitative estimate of drug-likeness (QED) is 0.920. The highest BCUT2D eigenvalue weighted by atomic mass is 19.1. The van der Waals surface area contributed by atoms with Crippen molar-refractivity contribution in [3.8, 4) is 17.2 Å². The number of rotatable bonds is 4. The molecule has 5 heteroatoms. The maximum Gasteiger partial charge on any atom is 0.248 e. The van der Waals surface area contributed by atoms with Crippen molar-refractivity contribution in [2.24, 2.45) is 5.73 Å². The molecule has 0 radical (unpaired) electrons. The third-order valence-corrected chi connectivity index (χ3v) is 2.50. The number of carbonyl (C=O) groups excluding carboxylic acids is 1. The number of amides is 1. The third kappa shape index (κ3) is 3.01. The molecule has 2 aromatic rings. The molecule has 2 N–H and O–H groups in total. The summed E-state index contributed by atoms with van der Waals surface area (Å²) in [4.78, 5) is 10.9. The van der Waals surface area contributed by atoms with Crippen LogP contribution in [0.1, 0.15) is 10.4 Å². The van der Waals surface area contributed by atoms with Crippen LogP contribution in [-0.2, 0) is 0 Å². The Morgan fingerprint density at radius 1 is 1.11 bits per heavy atom. The Hall–Kier alpha value is -2.56. The molecule has 4 nitrogen and oxygen atoms in total. The van der Waals surface area contributed by atoms with Gasteiger partial charge < -0.3 is 15.2 Å². The first-order chi connectivity index (χ1) is 9.10. The second-order valence-electron chi connectivity index (χ2n) is 3.79. The van der Waals surface area contributed by atoms with Gasteiger partial charge in [0.05, 0.1) is 7.11 Å². The molecule has 1 amide bonds. The summed E-state index contributed by atoms with van der Waals surface area (Å²) in [6.07, 6.45) is 0. The zero-order valence-electron chi connectivity index (χ0n) is 10.2. The molecule has 0 saturated heterocycles. The number of primary amides is 1. The molecule has 0 fully saturated rings. The van der Waals surface area contributed by atoms with E-state index in [1.165, 1.54) is 12.1 Å². The molecule has 0 bridgehead atoms. The Kier molecular flexibility index (Phi) is 3.66. The van der Waals surface area contributed by atoms with Crippen LogP contribution in [0.5, 0.6) is 17.2 Å². The number of benzene rings is 2. The van der Waals surface area contributed by atoms with Gasteiger partial charge in [-0.1, -0.05) is 0 Å². The monoisotopic (exact) mass is 261 g/mol. The normalized spacial score (nSPS) is 10.0. The maximum absolute atomic E-state index is 13.7. The summed E-state index contributed by atoms with van der Waals surface area (Å²) < 4.78 is 24.0. The molecule has 19 heavy (non-hydrogen) atoms. The highest BCUT2D eigenvalue weighted by Crippen LogP contribution is 2.26. The van der Waals surface area contributed by atoms with Crippen LogP contribution in [0.2, 0.25) is 0 Å². The summed E-state index contributed by atoms with van der Waals surface area (Å²) in [7, 11) is 1.55. The molecular formula is C14H12FNO3. The number of carbonyl (C=O) groups is 1. The van der Waals surface area contributed by atoms with E-state index in [9.17, 15) is 9.18 Å². The number of ether oxygens (including phenoxy) is 2. The predicted molar refractivity (Wildman–Crippen MR) is 68.0 cm³/mol. The number of halogens is 1. The fraction of sp³-hybridized carbons (Fsp3) is 0.0714. The molecule has 0 aliphatic heterocycles. The van der Waals surface area contributed by atoms with E-state index in [2.05, 4.69) is 0 Å². The van der Waals surface area contributed by atoms with Crippen LogP contribution in [-0.4, -0.2) is 13.0 Å². The van der Waals surface area contributed by atoms with Gasteiger partial charge in [-0.25, -0.2) is 4.39 Å². The maximum atomic E-state index is 13.7. The molecule has 2 aromatic carbocycles. The number of hydrogen-bond acceptors (Lipinski definition) is 3. The molecule has 0 aromatic heterocycles. The average Bonchev–Trinajstić information content (AvgIpc) is 2.41. The van der Waals surface area contributed by atoms with E-state index < -0.39 is 11.7 Å². The Morgan fingerprint density at radius 2 is 1.74 bits per heavy atom. The van der Waals surface area contributed by atoms with E-state index in [0.29, 0.717) is 11.5 Å². The second-order valence-corrected chi connectivity index (χ2v) is 3.79. The Labute approximate surface area is 109 Å². The zero-order chi connectivity index (χ0) is 13.8. The Bertz CT molecular complexity index is 596. The van der Waals surface area contributed by atoms with Crippen LogP contribution < -0.4 is 15.2 Å². The fourth-order valence-corrected chi connectivity index (χ4v) is 1.51. The van der Waals surface area contributed by atoms with Gasteiger partial charge in [-0.05, 0) is 42.5 Å². The molecule has 0 unspecified atom stereocenters. The number of methoxy groups -OCH3 is 1. The fourth-order valence-electron chi connectivity index (χ4n) is 1.51. The lowest BCUT2D eigenvalue weighted by molar-refractivity contribution is 0.1000. The Balaban J connectivity index is 2.20. The van der Waals surface area contributed by atoms with Crippen molar-refractivity contribution in [3.05, 3.63) is 53.8 Å². The molecule has 0 aliphatic carbocycles. The van der Waals surface area contributed by atoms with Crippen LogP contribution >= 0.6 is 0 Å². The zero-order valence-corrected chi connectivity index (χ0v) is 10.2. The molecular weight excluding hydrogens is 249 g/mol. The third-order valence-electron chi connectivity index (χ3n) is 2.50. The molecule has 0 saturated carbocycles. The van der Waals surface area contributed by atoms with E-state index in [4.69, 9.17) is 15.2 Å². The van der Waals surface area contributed by atoms with Crippen molar-refractivity contribution in [2.45, 2.75) is 0 Å². The van der Waals surface area contributed by atoms with Gasteiger partial charge in [0.2, 0.25) is 5.91 Å². The molecule has 0 heterocycles. The smallest absolute Gasteiger partial charge is 0.248 e. The summed E-state index contributed by atoms with van der Waals surface area (Å²) in [6.45, 7) is 0. The van der Waals surface area contributed by atoms with E-state index in [-0.39, 0.29) is 11.3 Å². The molecule has 0 atom stereocenters. The van der Waals surface area contributed by atoms with E-state index in [1.54, 1.807) is 31.4 Å². The number of hydrogen-bond donors (Lipinski definition) is 1. The first-order valence-corrected chi connectivity index (χ1v) is 5.51. The molecule has 98 valence electrons. The SMILES string of the molecule is COc1ccc(Oc2ccc(C(N)=O)cc2F)cc1. The van der Waals surface area contributed by atoms with Gasteiger partial charge >= 0.3 is 0 Å². The minimum absolute atomic E-state index is 0.0233. The molecule has 2 rings (SSSR count). The highest BCUT2D eigenvalue weighted by molar-refractivity contribution is 5.92. The lowest BCUT2D eigenvalue weighted by Gasteiger charge is -2.08. The van der Waals surface area contributed by atoms with Crippen LogP contribution in [0.3, 0.4) is 0 Å². The largest absolute Gasteiger partial charge is 0.497 e. The van der Waals surface area contributed by atoms with Crippen molar-refractivity contribution in [2.75, 3.05) is 7.11 Å². The van der Waals surface area contributed by atoms with Gasteiger partial charge in [0.15, 0.2) is 11.6 Å². The van der Waals surface area contributed by atoms with E-state index in [1.807, 2.05) is 0 Å². The highest BCUT2D eigenvalue weighted by Gasteiger charge is 2.08. The number of nitrogens with two attached hydrogens (primary N) is 1. The van der Waals surface area contributed by atoms with Crippen LogP contribution in [0.25, 0.3) is 0 Å². The standard InChI is InChI=1S/C14H12FNO3/c1-18-10-3-5-11(6-4-10)19-13-7-2-9(14(16)17)8-12(13)15/h2-8H,1H3,(H2,16,17). The van der Waals surface area contributed by atoms with Crippen molar-refractivity contribution in [1.82, 2.24) is 0 Å². The Morgan fingerprint density at radius 3 is 2.26 bits per heavy atom. The van der Waals surface area contributed by atoms with Crippen molar-refractivity contribution in [3.63, 3.8) is 0 Å². The summed E-state index contributed by atoms with van der Waals surface area (Å²) in [5.41, 5.74) is 5.15. The second kappa shape index (κ2) is 5.39. The summed E-state index contributed by atoms with van der Waals surface area (Å²) >= 11 is 0. The summed E-state index contributed by atoms with van der Waals surface area (Å²) in [6, 6.07) is 10.5. The van der Waals surface area contributed by atoms with Crippen LogP contribution in [0, 0.1) is 5.82 Å². The van der Waals surface area contributed by atoms with Gasteiger partial charge in [-0.15, -0.1) is 0 Å². The first kappa shape index (κ1) is 12.9. The van der Waals surface area contributed by atoms with Crippen LogP contribution in [0.4, 0.5) is 4.39 Å². The van der Waals surface area contributed by atoms with Gasteiger partial charge in [-0.2, -0.15) is 0 Å². The van der Waals surface area contributed by atoms with Crippen molar-refractivity contribution < 1.29 is 18.7 Å². The minimum Gasteiger partial charge on any atom is -0.497 e. The van der Waals surface area contributed by atoms with Crippen molar-refractivity contribution >= 4 is 5.91 Å². The van der Waals surface area contributed by atoms with Gasteiger partial charge in [0.1, 0.15) is 11.5 Å². The van der Waals surface area contributed by atoms with E-state index in [0.717, 1.165) is 6.07 Å². The first-order valence-electron chi connectivity index (χ1n) is 5.51.